The molecule has 1 nitrogen and oxygen atoms in total. The van der Waals surface area contributed by atoms with Crippen molar-refractivity contribution in [1.29, 1.82) is 0 Å². The number of carbonyl (C=O) groups excluding carboxylic acids is 1. The first kappa shape index (κ1) is 12.6. The van der Waals surface area contributed by atoms with Crippen LogP contribution in [0.3, 0.4) is 0 Å². The van der Waals surface area contributed by atoms with Crippen molar-refractivity contribution < 1.29 is 4.79 Å². The van der Waals surface area contributed by atoms with Gasteiger partial charge < -0.3 is 0 Å². The molecule has 4 heteroatoms. The van der Waals surface area contributed by atoms with Crippen molar-refractivity contribution in [3.05, 3.63) is 19.8 Å². The molecule has 1 atom stereocenters. The van der Waals surface area contributed by atoms with E-state index in [4.69, 9.17) is 11.6 Å². The minimum absolute atomic E-state index is 0.139. The zero-order valence-corrected chi connectivity index (χ0v) is 12.5. The van der Waals surface area contributed by atoms with Gasteiger partial charge in [0.25, 0.3) is 0 Å². The fourth-order valence-electron chi connectivity index (χ4n) is 2.45. The van der Waals surface area contributed by atoms with Crippen LogP contribution < -0.4 is 0 Å². The third kappa shape index (κ3) is 2.22. The molecule has 0 aliphatic heterocycles. The van der Waals surface area contributed by atoms with Gasteiger partial charge in [-0.3, -0.25) is 4.79 Å². The molecular formula is C12H14BrClOS. The van der Waals surface area contributed by atoms with E-state index in [1.165, 1.54) is 11.3 Å². The lowest BCUT2D eigenvalue weighted by atomic mass is 9.79. The normalized spacial score (nSPS) is 23.6. The molecule has 1 aromatic rings. The molecular weight excluding hydrogens is 308 g/mol. The molecule has 0 aromatic carbocycles. The second-order valence-electron chi connectivity index (χ2n) is 5.03. The molecule has 0 bridgehead atoms. The second-order valence-corrected chi connectivity index (χ2v) is 7.54. The molecule has 1 aromatic heterocycles. The molecule has 1 heterocycles. The molecule has 1 aliphatic rings. The van der Waals surface area contributed by atoms with Crippen molar-refractivity contribution in [1.82, 2.24) is 0 Å². The average Bonchev–Trinajstić information content (AvgIpc) is 2.70. The van der Waals surface area contributed by atoms with Crippen molar-refractivity contribution in [3.8, 4) is 0 Å². The van der Waals surface area contributed by atoms with Crippen LogP contribution in [0.4, 0.5) is 0 Å². The lowest BCUT2D eigenvalue weighted by molar-refractivity contribution is 0.0843. The van der Waals surface area contributed by atoms with Crippen LogP contribution in [0.1, 0.15) is 42.8 Å². The highest BCUT2D eigenvalue weighted by atomic mass is 79.9. The minimum Gasteiger partial charge on any atom is -0.293 e. The molecule has 1 unspecified atom stereocenters. The number of thiophene rings is 1. The van der Waals surface area contributed by atoms with Gasteiger partial charge in [-0.25, -0.2) is 0 Å². The predicted molar refractivity (Wildman–Crippen MR) is 72.5 cm³/mol. The summed E-state index contributed by atoms with van der Waals surface area (Å²) in [5.41, 5.74) is 0.139. The Morgan fingerprint density at radius 1 is 1.62 bits per heavy atom. The van der Waals surface area contributed by atoms with E-state index in [0.29, 0.717) is 4.34 Å². The van der Waals surface area contributed by atoms with E-state index >= 15 is 0 Å². The number of carbonyl (C=O) groups is 1. The van der Waals surface area contributed by atoms with Gasteiger partial charge in [0, 0.05) is 10.4 Å². The van der Waals surface area contributed by atoms with Crippen molar-refractivity contribution >= 4 is 44.7 Å². The summed E-state index contributed by atoms with van der Waals surface area (Å²) in [6, 6.07) is 1.85. The topological polar surface area (TPSA) is 17.1 Å². The standard InChI is InChI=1S/C12H14BrClOS/c1-12(2)5-3-4-7(12)10(15)9-6-8(13)11(14)16-9/h6-7H,3-5H2,1-2H3. The summed E-state index contributed by atoms with van der Waals surface area (Å²) in [4.78, 5) is 13.1. The summed E-state index contributed by atoms with van der Waals surface area (Å²) in [6.07, 6.45) is 3.31. The summed E-state index contributed by atoms with van der Waals surface area (Å²) < 4.78 is 1.50. The number of hydrogen-bond donors (Lipinski definition) is 0. The maximum absolute atomic E-state index is 12.4. The third-order valence-corrected chi connectivity index (χ3v) is 5.95. The number of rotatable bonds is 2. The summed E-state index contributed by atoms with van der Waals surface area (Å²) >= 11 is 10.7. The van der Waals surface area contributed by atoms with Crippen LogP contribution in [-0.4, -0.2) is 5.78 Å². The van der Waals surface area contributed by atoms with Crippen LogP contribution >= 0.6 is 38.9 Å². The van der Waals surface area contributed by atoms with E-state index in [0.717, 1.165) is 28.6 Å². The van der Waals surface area contributed by atoms with Crippen LogP contribution in [-0.2, 0) is 0 Å². The zero-order chi connectivity index (χ0) is 11.9. The molecule has 1 saturated carbocycles. The minimum atomic E-state index is 0.139. The van der Waals surface area contributed by atoms with Crippen molar-refractivity contribution in [3.63, 3.8) is 0 Å². The number of hydrogen-bond acceptors (Lipinski definition) is 2. The molecule has 0 radical (unpaired) electrons. The van der Waals surface area contributed by atoms with E-state index in [1.54, 1.807) is 0 Å². The van der Waals surface area contributed by atoms with Crippen LogP contribution in [0.25, 0.3) is 0 Å². The van der Waals surface area contributed by atoms with Crippen LogP contribution in [0.15, 0.2) is 10.5 Å². The molecule has 1 fully saturated rings. The number of ketones is 1. The maximum atomic E-state index is 12.4. The Kier molecular flexibility index (Phi) is 3.49. The van der Waals surface area contributed by atoms with Gasteiger partial charge in [0.05, 0.1) is 4.88 Å². The Morgan fingerprint density at radius 3 is 2.75 bits per heavy atom. The van der Waals surface area contributed by atoms with Crippen LogP contribution in [0.2, 0.25) is 4.34 Å². The molecule has 1 aliphatic carbocycles. The summed E-state index contributed by atoms with van der Waals surface area (Å²) in [6.45, 7) is 4.37. The molecule has 0 amide bonds. The molecule has 2 rings (SSSR count). The molecule has 0 spiro atoms. The van der Waals surface area contributed by atoms with E-state index in [1.807, 2.05) is 6.07 Å². The Bertz CT molecular complexity index is 405. The fourth-order valence-corrected chi connectivity index (χ4v) is 4.15. The average molecular weight is 322 g/mol. The predicted octanol–water partition coefficient (Wildman–Crippen LogP) is 5.17. The fraction of sp³-hybridized carbons (Fsp3) is 0.583. The first-order valence-electron chi connectivity index (χ1n) is 5.41. The molecule has 88 valence electrons. The number of Topliss-reactive ketones (excluding diaryl/α,β-unsaturated/α-hetero) is 1. The highest BCUT2D eigenvalue weighted by molar-refractivity contribution is 9.10. The Morgan fingerprint density at radius 2 is 2.31 bits per heavy atom. The van der Waals surface area contributed by atoms with Crippen molar-refractivity contribution in [2.45, 2.75) is 33.1 Å². The van der Waals surface area contributed by atoms with Gasteiger partial charge in [0.2, 0.25) is 0 Å². The Balaban J connectivity index is 2.25. The summed E-state index contributed by atoms with van der Waals surface area (Å²) in [5, 5.41) is 0. The van der Waals surface area contributed by atoms with Crippen molar-refractivity contribution in [2.24, 2.45) is 11.3 Å². The monoisotopic (exact) mass is 320 g/mol. The van der Waals surface area contributed by atoms with Gasteiger partial charge in [-0.15, -0.1) is 11.3 Å². The van der Waals surface area contributed by atoms with E-state index in [-0.39, 0.29) is 17.1 Å². The van der Waals surface area contributed by atoms with Gasteiger partial charge in [0.15, 0.2) is 5.78 Å². The third-order valence-electron chi connectivity index (χ3n) is 3.46. The Labute approximate surface area is 113 Å². The van der Waals surface area contributed by atoms with Gasteiger partial charge in [-0.05, 0) is 40.3 Å². The first-order valence-corrected chi connectivity index (χ1v) is 7.39. The van der Waals surface area contributed by atoms with E-state index < -0.39 is 0 Å². The van der Waals surface area contributed by atoms with E-state index in [2.05, 4.69) is 29.8 Å². The second kappa shape index (κ2) is 4.43. The maximum Gasteiger partial charge on any atom is 0.176 e. The summed E-state index contributed by atoms with van der Waals surface area (Å²) in [5.74, 6) is 0.425. The first-order chi connectivity index (χ1) is 7.42. The van der Waals surface area contributed by atoms with Crippen molar-refractivity contribution in [2.75, 3.05) is 0 Å². The van der Waals surface area contributed by atoms with Gasteiger partial charge in [0.1, 0.15) is 4.34 Å². The quantitative estimate of drug-likeness (QED) is 0.686. The molecule has 16 heavy (non-hydrogen) atoms. The summed E-state index contributed by atoms with van der Waals surface area (Å²) in [7, 11) is 0. The van der Waals surface area contributed by atoms with Gasteiger partial charge in [-0.2, -0.15) is 0 Å². The largest absolute Gasteiger partial charge is 0.293 e. The lowest BCUT2D eigenvalue weighted by Crippen LogP contribution is -2.25. The smallest absolute Gasteiger partial charge is 0.176 e. The lowest BCUT2D eigenvalue weighted by Gasteiger charge is -2.25. The molecule has 0 N–H and O–H groups in total. The van der Waals surface area contributed by atoms with Crippen LogP contribution in [0, 0.1) is 11.3 Å². The SMILES string of the molecule is CC1(C)CCCC1C(=O)c1cc(Br)c(Cl)s1. The van der Waals surface area contributed by atoms with Crippen LogP contribution in [0.5, 0.6) is 0 Å². The Hall–Kier alpha value is 0.140. The van der Waals surface area contributed by atoms with Gasteiger partial charge >= 0.3 is 0 Å². The zero-order valence-electron chi connectivity index (χ0n) is 9.35. The highest BCUT2D eigenvalue weighted by Gasteiger charge is 2.40. The van der Waals surface area contributed by atoms with Gasteiger partial charge in [-0.1, -0.05) is 31.9 Å². The van der Waals surface area contributed by atoms with E-state index in [9.17, 15) is 4.79 Å². The highest BCUT2D eigenvalue weighted by Crippen LogP contribution is 2.45. The number of halogens is 2. The molecule has 0 saturated heterocycles.